The van der Waals surface area contributed by atoms with Crippen molar-refractivity contribution in [3.05, 3.63) is 52.8 Å². The minimum atomic E-state index is 0.463. The minimum Gasteiger partial charge on any atom is -0.455 e. The molecule has 0 aliphatic rings. The molecule has 2 nitrogen and oxygen atoms in total. The molecule has 0 spiro atoms. The first kappa shape index (κ1) is 12.2. The van der Waals surface area contributed by atoms with Crippen molar-refractivity contribution in [2.75, 3.05) is 0 Å². The number of hydrogen-bond donors (Lipinski definition) is 0. The third-order valence-corrected chi connectivity index (χ3v) is 2.83. The number of alkyl halides is 1. The second-order valence-electron chi connectivity index (χ2n) is 3.67. The molecule has 0 aliphatic heterocycles. The second kappa shape index (κ2) is 5.39. The lowest BCUT2D eigenvalue weighted by molar-refractivity contribution is 0.476. The summed E-state index contributed by atoms with van der Waals surface area (Å²) in [5, 5.41) is 0.550. The molecule has 0 radical (unpaired) electrons. The van der Waals surface area contributed by atoms with Crippen molar-refractivity contribution in [2.45, 2.75) is 12.8 Å². The maximum atomic E-state index is 5.85. The quantitative estimate of drug-likeness (QED) is 0.760. The Morgan fingerprint density at radius 3 is 2.76 bits per heavy atom. The van der Waals surface area contributed by atoms with E-state index < -0.39 is 0 Å². The fraction of sp³-hybridized carbons (Fsp3) is 0.154. The second-order valence-corrected chi connectivity index (χ2v) is 4.38. The minimum absolute atomic E-state index is 0.463. The zero-order valence-electron chi connectivity index (χ0n) is 9.28. The molecule has 0 unspecified atom stereocenters. The van der Waals surface area contributed by atoms with Crippen molar-refractivity contribution in [3.63, 3.8) is 0 Å². The number of hydrogen-bond acceptors (Lipinski definition) is 2. The summed E-state index contributed by atoms with van der Waals surface area (Å²) in [7, 11) is 0. The highest BCUT2D eigenvalue weighted by atomic mass is 35.5. The molecule has 0 atom stereocenters. The van der Waals surface area contributed by atoms with Gasteiger partial charge in [-0.25, -0.2) is 0 Å². The summed E-state index contributed by atoms with van der Waals surface area (Å²) in [6.07, 6.45) is 3.19. The van der Waals surface area contributed by atoms with Gasteiger partial charge in [-0.1, -0.05) is 23.7 Å². The number of aryl methyl sites for hydroxylation is 1. The lowest BCUT2D eigenvalue weighted by atomic mass is 10.1. The molecule has 88 valence electrons. The van der Waals surface area contributed by atoms with Crippen LogP contribution in [0.15, 0.2) is 36.7 Å². The SMILES string of the molecule is Cc1ccc(CCl)cc1Oc1cncc(Cl)c1. The summed E-state index contributed by atoms with van der Waals surface area (Å²) >= 11 is 11.6. The Balaban J connectivity index is 2.29. The molecule has 0 saturated heterocycles. The van der Waals surface area contributed by atoms with E-state index in [0.29, 0.717) is 16.7 Å². The average molecular weight is 268 g/mol. The third kappa shape index (κ3) is 3.11. The van der Waals surface area contributed by atoms with Crippen LogP contribution in [-0.2, 0) is 5.88 Å². The van der Waals surface area contributed by atoms with E-state index >= 15 is 0 Å². The normalized spacial score (nSPS) is 10.3. The van der Waals surface area contributed by atoms with Crippen LogP contribution in [0.25, 0.3) is 0 Å². The van der Waals surface area contributed by atoms with Crippen molar-refractivity contribution in [2.24, 2.45) is 0 Å². The van der Waals surface area contributed by atoms with Crippen molar-refractivity contribution >= 4 is 23.2 Å². The number of halogens is 2. The van der Waals surface area contributed by atoms with Crippen LogP contribution in [0.4, 0.5) is 0 Å². The van der Waals surface area contributed by atoms with Gasteiger partial charge in [0.05, 0.1) is 11.2 Å². The third-order valence-electron chi connectivity index (χ3n) is 2.31. The molecule has 0 fully saturated rings. The van der Waals surface area contributed by atoms with Crippen LogP contribution in [0.2, 0.25) is 5.02 Å². The van der Waals surface area contributed by atoms with E-state index in [1.54, 1.807) is 18.5 Å². The molecule has 0 N–H and O–H groups in total. The first-order valence-corrected chi connectivity index (χ1v) is 6.04. The smallest absolute Gasteiger partial charge is 0.147 e. The van der Waals surface area contributed by atoms with E-state index in [2.05, 4.69) is 4.98 Å². The van der Waals surface area contributed by atoms with Crippen LogP contribution < -0.4 is 4.74 Å². The lowest BCUT2D eigenvalue weighted by Crippen LogP contribution is -1.90. The molecule has 1 aromatic heterocycles. The lowest BCUT2D eigenvalue weighted by Gasteiger charge is -2.09. The first-order valence-electron chi connectivity index (χ1n) is 5.13. The molecular weight excluding hydrogens is 257 g/mol. The molecule has 1 aromatic carbocycles. The van der Waals surface area contributed by atoms with E-state index in [4.69, 9.17) is 27.9 Å². The van der Waals surface area contributed by atoms with E-state index in [9.17, 15) is 0 Å². The van der Waals surface area contributed by atoms with E-state index in [1.165, 1.54) is 0 Å². The molecular formula is C13H11Cl2NO. The monoisotopic (exact) mass is 267 g/mol. The molecule has 0 amide bonds. The Morgan fingerprint density at radius 2 is 2.06 bits per heavy atom. The molecule has 0 aliphatic carbocycles. The Hall–Kier alpha value is -1.25. The van der Waals surface area contributed by atoms with Crippen LogP contribution in [0.3, 0.4) is 0 Å². The molecule has 0 bridgehead atoms. The molecule has 0 saturated carbocycles. The van der Waals surface area contributed by atoms with Gasteiger partial charge in [-0.3, -0.25) is 4.98 Å². The van der Waals surface area contributed by atoms with E-state index in [1.807, 2.05) is 25.1 Å². The van der Waals surface area contributed by atoms with E-state index in [-0.39, 0.29) is 0 Å². The van der Waals surface area contributed by atoms with Crippen molar-refractivity contribution in [1.29, 1.82) is 0 Å². The standard InChI is InChI=1S/C13H11Cl2NO/c1-9-2-3-10(6-14)4-13(9)17-12-5-11(15)7-16-8-12/h2-5,7-8H,6H2,1H3. The Kier molecular flexibility index (Phi) is 3.87. The van der Waals surface area contributed by atoms with E-state index in [0.717, 1.165) is 16.9 Å². The highest BCUT2D eigenvalue weighted by Crippen LogP contribution is 2.27. The Morgan fingerprint density at radius 1 is 1.24 bits per heavy atom. The molecule has 4 heteroatoms. The largest absolute Gasteiger partial charge is 0.455 e. The Bertz CT molecular complexity index is 529. The average Bonchev–Trinajstić information content (AvgIpc) is 2.32. The van der Waals surface area contributed by atoms with Crippen LogP contribution in [-0.4, -0.2) is 4.98 Å². The molecule has 1 heterocycles. The summed E-state index contributed by atoms with van der Waals surface area (Å²) in [5.41, 5.74) is 2.06. The molecule has 2 aromatic rings. The van der Waals surface area contributed by atoms with Crippen LogP contribution >= 0.6 is 23.2 Å². The van der Waals surface area contributed by atoms with Crippen molar-refractivity contribution in [3.8, 4) is 11.5 Å². The van der Waals surface area contributed by atoms with Gasteiger partial charge in [0.15, 0.2) is 0 Å². The van der Waals surface area contributed by atoms with Gasteiger partial charge in [-0.05, 0) is 24.1 Å². The number of benzene rings is 1. The Labute approximate surface area is 110 Å². The maximum Gasteiger partial charge on any atom is 0.147 e. The zero-order valence-corrected chi connectivity index (χ0v) is 10.8. The van der Waals surface area contributed by atoms with Gasteiger partial charge in [0, 0.05) is 18.1 Å². The zero-order chi connectivity index (χ0) is 12.3. The van der Waals surface area contributed by atoms with Gasteiger partial charge >= 0.3 is 0 Å². The van der Waals surface area contributed by atoms with Crippen molar-refractivity contribution in [1.82, 2.24) is 4.98 Å². The maximum absolute atomic E-state index is 5.85. The van der Waals surface area contributed by atoms with Gasteiger partial charge < -0.3 is 4.74 Å². The molecule has 2 rings (SSSR count). The number of aromatic nitrogens is 1. The highest BCUT2D eigenvalue weighted by Gasteiger charge is 2.04. The fourth-order valence-corrected chi connectivity index (χ4v) is 1.74. The van der Waals surface area contributed by atoms with Gasteiger partial charge in [0.1, 0.15) is 11.5 Å². The summed E-state index contributed by atoms with van der Waals surface area (Å²) in [6, 6.07) is 7.60. The predicted octanol–water partition coefficient (Wildman–Crippen LogP) is 4.57. The van der Waals surface area contributed by atoms with Crippen LogP contribution in [0.5, 0.6) is 11.5 Å². The number of ether oxygens (including phenoxy) is 1. The predicted molar refractivity (Wildman–Crippen MR) is 70.1 cm³/mol. The van der Waals surface area contributed by atoms with Crippen LogP contribution in [0, 0.1) is 6.92 Å². The summed E-state index contributed by atoms with van der Waals surface area (Å²) in [6.45, 7) is 1.98. The van der Waals surface area contributed by atoms with Crippen molar-refractivity contribution < 1.29 is 4.74 Å². The first-order chi connectivity index (χ1) is 8.19. The fourth-order valence-electron chi connectivity index (χ4n) is 1.41. The highest BCUT2D eigenvalue weighted by molar-refractivity contribution is 6.30. The van der Waals surface area contributed by atoms with Gasteiger partial charge in [0.2, 0.25) is 0 Å². The number of rotatable bonds is 3. The van der Waals surface area contributed by atoms with Gasteiger partial charge in [-0.15, -0.1) is 11.6 Å². The van der Waals surface area contributed by atoms with Gasteiger partial charge in [0.25, 0.3) is 0 Å². The van der Waals surface area contributed by atoms with Gasteiger partial charge in [-0.2, -0.15) is 0 Å². The molecule has 17 heavy (non-hydrogen) atoms. The number of pyridine rings is 1. The summed E-state index contributed by atoms with van der Waals surface area (Å²) < 4.78 is 5.73. The topological polar surface area (TPSA) is 22.1 Å². The summed E-state index contributed by atoms with van der Waals surface area (Å²) in [4.78, 5) is 3.97. The van der Waals surface area contributed by atoms with Crippen LogP contribution in [0.1, 0.15) is 11.1 Å². The summed E-state index contributed by atoms with van der Waals surface area (Å²) in [5.74, 6) is 1.85. The number of nitrogens with zero attached hydrogens (tertiary/aromatic N) is 1.